The standard InChI is InChI=1S/C17H16O2S/c1-19-15-5-3-4-14(12-15)17(18)11-8-13-6-9-16(20-2)10-7-13/h3-7,9-10,12,17-18H,1-2H3/t17-/m1/s1. The molecular formula is C17H16O2S. The molecule has 0 fully saturated rings. The molecule has 20 heavy (non-hydrogen) atoms. The van der Waals surface area contributed by atoms with Crippen molar-refractivity contribution in [3.8, 4) is 17.6 Å². The van der Waals surface area contributed by atoms with Crippen molar-refractivity contribution < 1.29 is 9.84 Å². The number of hydrogen-bond donors (Lipinski definition) is 1. The normalized spacial score (nSPS) is 11.3. The Labute approximate surface area is 123 Å². The lowest BCUT2D eigenvalue weighted by Crippen LogP contribution is -1.94. The van der Waals surface area contributed by atoms with Crippen LogP contribution in [-0.2, 0) is 0 Å². The van der Waals surface area contributed by atoms with Crippen LogP contribution in [0.1, 0.15) is 17.2 Å². The SMILES string of the molecule is COc1cccc([C@H](O)C#Cc2ccc(SC)cc2)c1. The maximum atomic E-state index is 10.1. The summed E-state index contributed by atoms with van der Waals surface area (Å²) in [6.45, 7) is 0. The number of hydrogen-bond acceptors (Lipinski definition) is 3. The van der Waals surface area contributed by atoms with Crippen molar-refractivity contribution in [3.63, 3.8) is 0 Å². The number of benzene rings is 2. The average molecular weight is 284 g/mol. The number of aliphatic hydroxyl groups is 1. The van der Waals surface area contributed by atoms with Gasteiger partial charge in [-0.05, 0) is 48.2 Å². The molecule has 0 amide bonds. The van der Waals surface area contributed by atoms with Gasteiger partial charge in [0.2, 0.25) is 0 Å². The van der Waals surface area contributed by atoms with E-state index in [1.807, 2.05) is 48.7 Å². The lowest BCUT2D eigenvalue weighted by molar-refractivity contribution is 0.238. The van der Waals surface area contributed by atoms with E-state index in [2.05, 4.69) is 11.8 Å². The second kappa shape index (κ2) is 7.04. The van der Waals surface area contributed by atoms with E-state index in [9.17, 15) is 5.11 Å². The summed E-state index contributed by atoms with van der Waals surface area (Å²) in [4.78, 5) is 1.20. The predicted molar refractivity (Wildman–Crippen MR) is 83.1 cm³/mol. The molecular weight excluding hydrogens is 268 g/mol. The van der Waals surface area contributed by atoms with Crippen LogP contribution < -0.4 is 4.74 Å². The molecule has 2 rings (SSSR count). The van der Waals surface area contributed by atoms with Gasteiger partial charge in [-0.15, -0.1) is 11.8 Å². The van der Waals surface area contributed by atoms with E-state index in [-0.39, 0.29) is 0 Å². The zero-order chi connectivity index (χ0) is 14.4. The first-order valence-electron chi connectivity index (χ1n) is 6.20. The van der Waals surface area contributed by atoms with Gasteiger partial charge in [0.15, 0.2) is 0 Å². The molecule has 0 aliphatic carbocycles. The van der Waals surface area contributed by atoms with Gasteiger partial charge in [-0.2, -0.15) is 0 Å². The van der Waals surface area contributed by atoms with Crippen LogP contribution in [0.3, 0.4) is 0 Å². The molecule has 0 unspecified atom stereocenters. The second-order valence-corrected chi connectivity index (χ2v) is 5.06. The molecule has 102 valence electrons. The van der Waals surface area contributed by atoms with Gasteiger partial charge in [0.1, 0.15) is 11.9 Å². The Morgan fingerprint density at radius 1 is 1.15 bits per heavy atom. The molecule has 3 heteroatoms. The maximum Gasteiger partial charge on any atom is 0.140 e. The quantitative estimate of drug-likeness (QED) is 0.691. The molecule has 1 N–H and O–H groups in total. The summed E-state index contributed by atoms with van der Waals surface area (Å²) in [5.41, 5.74) is 1.63. The highest BCUT2D eigenvalue weighted by Crippen LogP contribution is 2.19. The summed E-state index contributed by atoms with van der Waals surface area (Å²) in [6.07, 6.45) is 1.22. The smallest absolute Gasteiger partial charge is 0.140 e. The fourth-order valence-corrected chi connectivity index (χ4v) is 2.13. The number of aliphatic hydroxyl groups excluding tert-OH is 1. The molecule has 0 bridgehead atoms. The average Bonchev–Trinajstić information content (AvgIpc) is 2.53. The van der Waals surface area contributed by atoms with E-state index < -0.39 is 6.10 Å². The number of thioether (sulfide) groups is 1. The molecule has 0 spiro atoms. The van der Waals surface area contributed by atoms with Crippen LogP contribution in [0.25, 0.3) is 0 Å². The molecule has 0 aliphatic rings. The summed E-state index contributed by atoms with van der Waals surface area (Å²) in [5.74, 6) is 6.54. The second-order valence-electron chi connectivity index (χ2n) is 4.18. The third kappa shape index (κ3) is 3.80. The first kappa shape index (κ1) is 14.5. The van der Waals surface area contributed by atoms with Crippen molar-refractivity contribution >= 4 is 11.8 Å². The molecule has 0 heterocycles. The minimum atomic E-state index is -0.815. The minimum absolute atomic E-state index is 0.715. The fourth-order valence-electron chi connectivity index (χ4n) is 1.72. The van der Waals surface area contributed by atoms with E-state index in [0.29, 0.717) is 5.75 Å². The van der Waals surface area contributed by atoms with Crippen molar-refractivity contribution in [1.82, 2.24) is 0 Å². The minimum Gasteiger partial charge on any atom is -0.497 e. The van der Waals surface area contributed by atoms with Crippen molar-refractivity contribution in [3.05, 3.63) is 59.7 Å². The molecule has 0 saturated carbocycles. The van der Waals surface area contributed by atoms with Crippen molar-refractivity contribution in [1.29, 1.82) is 0 Å². The van der Waals surface area contributed by atoms with E-state index in [1.54, 1.807) is 24.9 Å². The largest absolute Gasteiger partial charge is 0.497 e. The van der Waals surface area contributed by atoms with Gasteiger partial charge >= 0.3 is 0 Å². The highest BCUT2D eigenvalue weighted by atomic mass is 32.2. The Kier molecular flexibility index (Phi) is 5.11. The highest BCUT2D eigenvalue weighted by molar-refractivity contribution is 7.98. The molecule has 0 aromatic heterocycles. The van der Waals surface area contributed by atoms with E-state index in [0.717, 1.165) is 11.1 Å². The van der Waals surface area contributed by atoms with E-state index in [4.69, 9.17) is 4.74 Å². The number of methoxy groups -OCH3 is 1. The summed E-state index contributed by atoms with van der Waals surface area (Å²) in [5, 5.41) is 10.1. The molecule has 2 aromatic rings. The summed E-state index contributed by atoms with van der Waals surface area (Å²) in [7, 11) is 1.60. The lowest BCUT2D eigenvalue weighted by atomic mass is 10.1. The highest BCUT2D eigenvalue weighted by Gasteiger charge is 2.04. The van der Waals surface area contributed by atoms with Crippen LogP contribution in [0.4, 0.5) is 0 Å². The zero-order valence-electron chi connectivity index (χ0n) is 11.5. The topological polar surface area (TPSA) is 29.5 Å². The van der Waals surface area contributed by atoms with Gasteiger partial charge in [-0.1, -0.05) is 24.0 Å². The predicted octanol–water partition coefficient (Wildman–Crippen LogP) is 3.50. The Bertz CT molecular complexity index is 623. The molecule has 2 aromatic carbocycles. The van der Waals surface area contributed by atoms with Crippen LogP contribution in [0.15, 0.2) is 53.4 Å². The van der Waals surface area contributed by atoms with Crippen LogP contribution in [0.5, 0.6) is 5.75 Å². The van der Waals surface area contributed by atoms with Gasteiger partial charge in [0.25, 0.3) is 0 Å². The first-order chi connectivity index (χ1) is 9.72. The molecule has 2 nitrogen and oxygen atoms in total. The lowest BCUT2D eigenvalue weighted by Gasteiger charge is -2.05. The monoisotopic (exact) mass is 284 g/mol. The van der Waals surface area contributed by atoms with Crippen molar-refractivity contribution in [2.75, 3.05) is 13.4 Å². The Balaban J connectivity index is 2.14. The number of ether oxygens (including phenoxy) is 1. The van der Waals surface area contributed by atoms with Crippen molar-refractivity contribution in [2.24, 2.45) is 0 Å². The molecule has 0 radical (unpaired) electrons. The summed E-state index contributed by atoms with van der Waals surface area (Å²) < 4.78 is 5.13. The Morgan fingerprint density at radius 3 is 2.55 bits per heavy atom. The Morgan fingerprint density at radius 2 is 1.90 bits per heavy atom. The molecule has 0 aliphatic heterocycles. The van der Waals surface area contributed by atoms with E-state index in [1.165, 1.54) is 4.90 Å². The fraction of sp³-hybridized carbons (Fsp3) is 0.176. The van der Waals surface area contributed by atoms with Gasteiger partial charge in [-0.3, -0.25) is 0 Å². The van der Waals surface area contributed by atoms with Gasteiger partial charge in [-0.25, -0.2) is 0 Å². The third-order valence-corrected chi connectivity index (χ3v) is 3.60. The van der Waals surface area contributed by atoms with Gasteiger partial charge < -0.3 is 9.84 Å². The Hall–Kier alpha value is -1.89. The van der Waals surface area contributed by atoms with Crippen LogP contribution in [0.2, 0.25) is 0 Å². The maximum absolute atomic E-state index is 10.1. The van der Waals surface area contributed by atoms with Crippen molar-refractivity contribution in [2.45, 2.75) is 11.0 Å². The van der Waals surface area contributed by atoms with Crippen LogP contribution in [0, 0.1) is 11.8 Å². The molecule has 1 atom stereocenters. The van der Waals surface area contributed by atoms with E-state index >= 15 is 0 Å². The number of rotatable bonds is 3. The summed E-state index contributed by atoms with van der Waals surface area (Å²) >= 11 is 1.69. The first-order valence-corrected chi connectivity index (χ1v) is 7.43. The van der Waals surface area contributed by atoms with Crippen LogP contribution in [-0.4, -0.2) is 18.5 Å². The summed E-state index contributed by atoms with van der Waals surface area (Å²) in [6, 6.07) is 15.2. The van der Waals surface area contributed by atoms with Gasteiger partial charge in [0, 0.05) is 10.5 Å². The zero-order valence-corrected chi connectivity index (χ0v) is 12.3. The molecule has 0 saturated heterocycles. The van der Waals surface area contributed by atoms with Crippen LogP contribution >= 0.6 is 11.8 Å². The third-order valence-electron chi connectivity index (χ3n) is 2.85. The van der Waals surface area contributed by atoms with Gasteiger partial charge in [0.05, 0.1) is 7.11 Å².